The summed E-state index contributed by atoms with van der Waals surface area (Å²) >= 11 is 0. The molecule has 0 radical (unpaired) electrons. The number of sulfonamides is 1. The van der Waals surface area contributed by atoms with E-state index in [4.69, 9.17) is 0 Å². The van der Waals surface area contributed by atoms with Gasteiger partial charge in [-0.05, 0) is 49.7 Å². The summed E-state index contributed by atoms with van der Waals surface area (Å²) in [7, 11) is -3.73. The van der Waals surface area contributed by atoms with Gasteiger partial charge in [-0.15, -0.1) is 0 Å². The van der Waals surface area contributed by atoms with Crippen molar-refractivity contribution in [3.63, 3.8) is 0 Å². The number of aliphatic hydroxyl groups is 1. The fourth-order valence-corrected chi connectivity index (χ4v) is 5.25. The number of carbonyl (C=O) groups excluding carboxylic acids is 1. The molecule has 160 valence electrons. The highest BCUT2D eigenvalue weighted by Crippen LogP contribution is 2.27. The number of carbonyl (C=O) groups is 1. The summed E-state index contributed by atoms with van der Waals surface area (Å²) in [5.74, 6) is 0.0849. The molecule has 1 aromatic carbocycles. The number of aryl methyl sites for hydroxylation is 1. The van der Waals surface area contributed by atoms with Crippen LogP contribution in [0.3, 0.4) is 0 Å². The zero-order valence-corrected chi connectivity index (χ0v) is 18.4. The molecule has 0 aliphatic heterocycles. The molecule has 0 bridgehead atoms. The van der Waals surface area contributed by atoms with Gasteiger partial charge in [0.15, 0.2) is 0 Å². The van der Waals surface area contributed by atoms with Gasteiger partial charge in [-0.25, -0.2) is 8.42 Å². The molecule has 0 saturated heterocycles. The van der Waals surface area contributed by atoms with Crippen molar-refractivity contribution in [3.8, 4) is 0 Å². The molecule has 1 unspecified atom stereocenters. The molecule has 0 aromatic heterocycles. The Morgan fingerprint density at radius 1 is 1.17 bits per heavy atom. The topological polar surface area (TPSA) is 74.7 Å². The van der Waals surface area contributed by atoms with Gasteiger partial charge in [0.1, 0.15) is 6.29 Å². The smallest absolute Gasteiger partial charge is 0.243 e. The van der Waals surface area contributed by atoms with Crippen LogP contribution in [0.15, 0.2) is 53.5 Å². The average molecular weight is 420 g/mol. The summed E-state index contributed by atoms with van der Waals surface area (Å²) in [6.07, 6.45) is 9.77. The lowest BCUT2D eigenvalue weighted by atomic mass is 9.85. The first-order valence-corrected chi connectivity index (χ1v) is 11.7. The summed E-state index contributed by atoms with van der Waals surface area (Å²) in [5.41, 5.74) is 0.986. The Hall–Kier alpha value is -1.76. The molecular formula is C23H33NO4S. The van der Waals surface area contributed by atoms with Gasteiger partial charge < -0.3 is 9.90 Å². The zero-order chi connectivity index (χ0) is 21.4. The maximum absolute atomic E-state index is 13.2. The van der Waals surface area contributed by atoms with Crippen LogP contribution in [-0.2, 0) is 14.8 Å². The lowest BCUT2D eigenvalue weighted by molar-refractivity contribution is -0.109. The van der Waals surface area contributed by atoms with E-state index in [1.54, 1.807) is 24.3 Å². The van der Waals surface area contributed by atoms with Gasteiger partial charge in [0.2, 0.25) is 10.0 Å². The third-order valence-electron chi connectivity index (χ3n) is 5.24. The van der Waals surface area contributed by atoms with Crippen LogP contribution in [0.25, 0.3) is 0 Å². The summed E-state index contributed by atoms with van der Waals surface area (Å²) in [6.45, 7) is 6.11. The van der Waals surface area contributed by atoms with Crippen LogP contribution in [0.1, 0.15) is 38.7 Å². The lowest BCUT2D eigenvalue weighted by Crippen LogP contribution is -2.42. The second-order valence-electron chi connectivity index (χ2n) is 8.30. The van der Waals surface area contributed by atoms with Crippen LogP contribution >= 0.6 is 0 Å². The Labute approximate surface area is 175 Å². The second kappa shape index (κ2) is 10.9. The minimum atomic E-state index is -3.73. The van der Waals surface area contributed by atoms with Gasteiger partial charge in [-0.3, -0.25) is 0 Å². The van der Waals surface area contributed by atoms with E-state index in [0.29, 0.717) is 13.0 Å². The van der Waals surface area contributed by atoms with Gasteiger partial charge >= 0.3 is 0 Å². The van der Waals surface area contributed by atoms with Crippen molar-refractivity contribution in [1.82, 2.24) is 4.31 Å². The molecule has 1 N–H and O–H groups in total. The molecule has 0 saturated carbocycles. The number of hydrogen-bond acceptors (Lipinski definition) is 4. The van der Waals surface area contributed by atoms with Crippen LogP contribution in [0.4, 0.5) is 0 Å². The SMILES string of the molecule is Cc1ccc(S(=O)(=O)N(CC(C)C)C[C@@H](O)[C@@H](CC=O)CC2C=CC=CC2)cc1. The van der Waals surface area contributed by atoms with Crippen LogP contribution in [0.5, 0.6) is 0 Å². The van der Waals surface area contributed by atoms with E-state index < -0.39 is 16.1 Å². The third-order valence-corrected chi connectivity index (χ3v) is 7.08. The first kappa shape index (κ1) is 23.5. The van der Waals surface area contributed by atoms with Crippen LogP contribution < -0.4 is 0 Å². The molecule has 0 spiro atoms. The first-order chi connectivity index (χ1) is 13.7. The maximum Gasteiger partial charge on any atom is 0.243 e. The minimum Gasteiger partial charge on any atom is -0.391 e. The van der Waals surface area contributed by atoms with Crippen molar-refractivity contribution >= 4 is 16.3 Å². The molecule has 5 nitrogen and oxygen atoms in total. The van der Waals surface area contributed by atoms with Crippen LogP contribution in [0.2, 0.25) is 0 Å². The molecule has 1 aliphatic rings. The van der Waals surface area contributed by atoms with Crippen molar-refractivity contribution in [2.45, 2.75) is 51.0 Å². The normalized spacial score (nSPS) is 18.9. The summed E-state index contributed by atoms with van der Waals surface area (Å²) in [5, 5.41) is 10.9. The fourth-order valence-electron chi connectivity index (χ4n) is 3.62. The van der Waals surface area contributed by atoms with E-state index in [-0.39, 0.29) is 35.6 Å². The van der Waals surface area contributed by atoms with E-state index in [9.17, 15) is 18.3 Å². The molecule has 1 aromatic rings. The Morgan fingerprint density at radius 3 is 2.41 bits per heavy atom. The van der Waals surface area contributed by atoms with Crippen molar-refractivity contribution in [3.05, 3.63) is 54.1 Å². The van der Waals surface area contributed by atoms with Crippen molar-refractivity contribution in [2.24, 2.45) is 17.8 Å². The Kier molecular flexibility index (Phi) is 8.80. The number of aliphatic hydroxyl groups excluding tert-OH is 1. The first-order valence-electron chi connectivity index (χ1n) is 10.3. The predicted molar refractivity (Wildman–Crippen MR) is 116 cm³/mol. The summed E-state index contributed by atoms with van der Waals surface area (Å²) in [6, 6.07) is 6.75. The van der Waals surface area contributed by atoms with E-state index in [1.807, 2.05) is 32.9 Å². The average Bonchev–Trinajstić information content (AvgIpc) is 2.68. The number of rotatable bonds is 11. The minimum absolute atomic E-state index is 0.0147. The summed E-state index contributed by atoms with van der Waals surface area (Å²) < 4.78 is 27.8. The number of allylic oxidation sites excluding steroid dienone is 4. The van der Waals surface area contributed by atoms with Gasteiger partial charge in [0.25, 0.3) is 0 Å². The maximum atomic E-state index is 13.2. The predicted octanol–water partition coefficient (Wildman–Crippen LogP) is 3.73. The van der Waals surface area contributed by atoms with E-state index >= 15 is 0 Å². The van der Waals surface area contributed by atoms with E-state index in [0.717, 1.165) is 18.3 Å². The fraction of sp³-hybridized carbons (Fsp3) is 0.522. The molecule has 0 fully saturated rings. The largest absolute Gasteiger partial charge is 0.391 e. The molecular weight excluding hydrogens is 386 g/mol. The quantitative estimate of drug-likeness (QED) is 0.555. The van der Waals surface area contributed by atoms with Gasteiger partial charge in [0.05, 0.1) is 11.0 Å². The highest BCUT2D eigenvalue weighted by atomic mass is 32.2. The monoisotopic (exact) mass is 419 g/mol. The van der Waals surface area contributed by atoms with Crippen molar-refractivity contribution < 1.29 is 18.3 Å². The Bertz CT molecular complexity index is 812. The molecule has 0 heterocycles. The van der Waals surface area contributed by atoms with Gasteiger partial charge in [-0.2, -0.15) is 4.31 Å². The molecule has 0 amide bonds. The Balaban J connectivity index is 2.19. The zero-order valence-electron chi connectivity index (χ0n) is 17.6. The number of nitrogens with zero attached hydrogens (tertiary/aromatic N) is 1. The second-order valence-corrected chi connectivity index (χ2v) is 10.2. The van der Waals surface area contributed by atoms with E-state index in [1.165, 1.54) is 4.31 Å². The molecule has 2 rings (SSSR count). The van der Waals surface area contributed by atoms with Crippen molar-refractivity contribution in [2.75, 3.05) is 13.1 Å². The molecule has 3 atom stereocenters. The standard InChI is InChI=1S/C23H33NO4S/c1-18(2)16-24(29(27,28)22-11-9-19(3)10-12-22)17-23(26)21(13-14-25)15-20-7-5-4-6-8-20/h4-7,9-12,14,18,20-21,23,26H,8,13,15-17H2,1-3H3/t20?,21-,23+/m0/s1. The number of aldehydes is 1. The Morgan fingerprint density at radius 2 is 1.86 bits per heavy atom. The van der Waals surface area contributed by atoms with Crippen LogP contribution in [0, 0.1) is 24.7 Å². The van der Waals surface area contributed by atoms with Crippen molar-refractivity contribution in [1.29, 1.82) is 0 Å². The van der Waals surface area contributed by atoms with Crippen LogP contribution in [-0.4, -0.2) is 43.3 Å². The highest BCUT2D eigenvalue weighted by molar-refractivity contribution is 7.89. The van der Waals surface area contributed by atoms with Gasteiger partial charge in [-0.1, -0.05) is 55.8 Å². The lowest BCUT2D eigenvalue weighted by Gasteiger charge is -2.31. The number of hydrogen-bond donors (Lipinski definition) is 1. The van der Waals surface area contributed by atoms with Gasteiger partial charge in [0, 0.05) is 19.5 Å². The van der Waals surface area contributed by atoms with E-state index in [2.05, 4.69) is 12.2 Å². The molecule has 1 aliphatic carbocycles. The molecule has 29 heavy (non-hydrogen) atoms. The third kappa shape index (κ3) is 6.91. The summed E-state index contributed by atoms with van der Waals surface area (Å²) in [4.78, 5) is 11.4. The highest BCUT2D eigenvalue weighted by Gasteiger charge is 2.31. The molecule has 6 heteroatoms. The number of benzene rings is 1.